The zero-order chi connectivity index (χ0) is 13.3. The predicted octanol–water partition coefficient (Wildman–Crippen LogP) is 1.74. The molecule has 3 amide bonds. The molecule has 5 nitrogen and oxygen atoms in total. The minimum absolute atomic E-state index is 0.00942. The molecule has 0 unspecified atom stereocenters. The monoisotopic (exact) mass is 243 g/mol. The second-order valence-corrected chi connectivity index (χ2v) is 4.39. The van der Waals surface area contributed by atoms with Gasteiger partial charge in [-0.2, -0.15) is 5.26 Å². The van der Waals surface area contributed by atoms with E-state index in [1.807, 2.05) is 19.9 Å². The summed E-state index contributed by atoms with van der Waals surface area (Å²) in [6, 6.07) is 8.08. The molecule has 0 aliphatic carbocycles. The van der Waals surface area contributed by atoms with Crippen LogP contribution in [0, 0.1) is 11.3 Å². The fourth-order valence-electron chi connectivity index (χ4n) is 1.86. The fourth-order valence-corrected chi connectivity index (χ4v) is 1.86. The molecule has 1 saturated heterocycles. The Balaban J connectivity index is 2.30. The smallest absolute Gasteiger partial charge is 0.312 e. The highest BCUT2D eigenvalue weighted by molar-refractivity contribution is 6.19. The second kappa shape index (κ2) is 4.49. The van der Waals surface area contributed by atoms with Crippen molar-refractivity contribution >= 4 is 17.6 Å². The minimum atomic E-state index is -0.306. The lowest BCUT2D eigenvalue weighted by molar-refractivity contribution is -0.116. The second-order valence-electron chi connectivity index (χ2n) is 4.39. The van der Waals surface area contributed by atoms with E-state index in [4.69, 9.17) is 5.26 Å². The van der Waals surface area contributed by atoms with Crippen molar-refractivity contribution in [3.63, 3.8) is 0 Å². The number of rotatable bonds is 2. The van der Waals surface area contributed by atoms with E-state index in [9.17, 15) is 9.59 Å². The van der Waals surface area contributed by atoms with E-state index in [0.29, 0.717) is 11.3 Å². The van der Waals surface area contributed by atoms with Gasteiger partial charge in [-0.15, -0.1) is 0 Å². The average molecular weight is 243 g/mol. The Hall–Kier alpha value is -2.35. The van der Waals surface area contributed by atoms with Crippen molar-refractivity contribution in [2.45, 2.75) is 19.9 Å². The third kappa shape index (κ3) is 1.93. The molecule has 0 radical (unpaired) electrons. The maximum atomic E-state index is 12.1. The van der Waals surface area contributed by atoms with Gasteiger partial charge >= 0.3 is 6.03 Å². The minimum Gasteiger partial charge on any atom is -0.312 e. The van der Waals surface area contributed by atoms with Crippen LogP contribution in [0.4, 0.5) is 10.5 Å². The van der Waals surface area contributed by atoms with Crippen LogP contribution in [0.5, 0.6) is 0 Å². The molecular weight excluding hydrogens is 230 g/mol. The first kappa shape index (κ1) is 12.1. The van der Waals surface area contributed by atoms with Crippen molar-refractivity contribution in [2.24, 2.45) is 0 Å². The summed E-state index contributed by atoms with van der Waals surface area (Å²) in [5.74, 6) is -0.238. The highest BCUT2D eigenvalue weighted by Gasteiger charge is 2.38. The standard InChI is InChI=1S/C13H13N3O2/c1-9(2)15-8-12(17)16(13(15)18)11-5-3-10(7-14)4-6-11/h3-6,9H,8H2,1-2H3. The van der Waals surface area contributed by atoms with Crippen LogP contribution in [0.25, 0.3) is 0 Å². The molecule has 92 valence electrons. The Bertz CT molecular complexity index is 528. The van der Waals surface area contributed by atoms with E-state index in [1.165, 1.54) is 4.90 Å². The van der Waals surface area contributed by atoms with Crippen LogP contribution < -0.4 is 4.90 Å². The summed E-state index contributed by atoms with van der Waals surface area (Å²) in [7, 11) is 0. The number of carbonyl (C=O) groups is 2. The molecule has 1 aromatic rings. The fraction of sp³-hybridized carbons (Fsp3) is 0.308. The average Bonchev–Trinajstić information content (AvgIpc) is 2.65. The summed E-state index contributed by atoms with van der Waals surface area (Å²) in [5, 5.41) is 8.71. The van der Waals surface area contributed by atoms with E-state index in [0.717, 1.165) is 4.90 Å². The number of anilines is 1. The van der Waals surface area contributed by atoms with Crippen LogP contribution >= 0.6 is 0 Å². The Labute approximate surface area is 105 Å². The van der Waals surface area contributed by atoms with E-state index in [1.54, 1.807) is 24.3 Å². The quantitative estimate of drug-likeness (QED) is 0.743. The van der Waals surface area contributed by atoms with Gasteiger partial charge in [0.2, 0.25) is 0 Å². The third-order valence-electron chi connectivity index (χ3n) is 2.87. The van der Waals surface area contributed by atoms with E-state index in [2.05, 4.69) is 0 Å². The molecule has 2 rings (SSSR count). The number of benzene rings is 1. The maximum Gasteiger partial charge on any atom is 0.332 e. The molecule has 0 N–H and O–H groups in total. The van der Waals surface area contributed by atoms with Gasteiger partial charge in [0.05, 0.1) is 17.3 Å². The molecule has 5 heteroatoms. The topological polar surface area (TPSA) is 64.4 Å². The van der Waals surface area contributed by atoms with Crippen LogP contribution in [0.15, 0.2) is 24.3 Å². The summed E-state index contributed by atoms with van der Waals surface area (Å²) in [5.41, 5.74) is 1.01. The molecule has 1 aliphatic rings. The lowest BCUT2D eigenvalue weighted by Crippen LogP contribution is -2.36. The Morgan fingerprint density at radius 1 is 1.22 bits per heavy atom. The predicted molar refractivity (Wildman–Crippen MR) is 65.9 cm³/mol. The molecule has 0 atom stereocenters. The van der Waals surface area contributed by atoms with Gasteiger partial charge in [-0.05, 0) is 38.1 Å². The van der Waals surface area contributed by atoms with Crippen molar-refractivity contribution in [1.29, 1.82) is 5.26 Å². The van der Waals surface area contributed by atoms with E-state index in [-0.39, 0.29) is 24.5 Å². The lowest BCUT2D eigenvalue weighted by atomic mass is 10.2. The van der Waals surface area contributed by atoms with Crippen LogP contribution in [-0.4, -0.2) is 29.4 Å². The summed E-state index contributed by atoms with van der Waals surface area (Å²) < 4.78 is 0. The van der Waals surface area contributed by atoms with Gasteiger partial charge < -0.3 is 4.90 Å². The summed E-state index contributed by atoms with van der Waals surface area (Å²) in [6.45, 7) is 3.84. The van der Waals surface area contributed by atoms with Gasteiger partial charge in [-0.3, -0.25) is 4.79 Å². The number of urea groups is 1. The SMILES string of the molecule is CC(C)N1CC(=O)N(c2ccc(C#N)cc2)C1=O. The van der Waals surface area contributed by atoms with Gasteiger partial charge in [-0.25, -0.2) is 9.69 Å². The molecule has 0 bridgehead atoms. The van der Waals surface area contributed by atoms with Crippen LogP contribution in [0.2, 0.25) is 0 Å². The first-order valence-electron chi connectivity index (χ1n) is 5.68. The molecule has 1 fully saturated rings. The Kier molecular flexibility index (Phi) is 3.02. The zero-order valence-electron chi connectivity index (χ0n) is 10.3. The molecule has 1 aliphatic heterocycles. The van der Waals surface area contributed by atoms with Crippen LogP contribution in [-0.2, 0) is 4.79 Å². The van der Waals surface area contributed by atoms with Crippen LogP contribution in [0.3, 0.4) is 0 Å². The van der Waals surface area contributed by atoms with Gasteiger partial charge in [0.15, 0.2) is 0 Å². The highest BCUT2D eigenvalue weighted by atomic mass is 16.2. The van der Waals surface area contributed by atoms with Crippen molar-refractivity contribution in [1.82, 2.24) is 4.90 Å². The number of hydrogen-bond donors (Lipinski definition) is 0. The van der Waals surface area contributed by atoms with Gasteiger partial charge in [0, 0.05) is 6.04 Å². The molecule has 18 heavy (non-hydrogen) atoms. The number of hydrogen-bond acceptors (Lipinski definition) is 3. The van der Waals surface area contributed by atoms with Gasteiger partial charge in [-0.1, -0.05) is 0 Å². The van der Waals surface area contributed by atoms with Crippen molar-refractivity contribution in [3.05, 3.63) is 29.8 Å². The van der Waals surface area contributed by atoms with Gasteiger partial charge in [0.1, 0.15) is 6.54 Å². The largest absolute Gasteiger partial charge is 0.332 e. The number of imide groups is 1. The molecule has 0 aromatic heterocycles. The Morgan fingerprint density at radius 3 is 2.28 bits per heavy atom. The normalized spacial score (nSPS) is 15.4. The van der Waals surface area contributed by atoms with Gasteiger partial charge in [0.25, 0.3) is 5.91 Å². The lowest BCUT2D eigenvalue weighted by Gasteiger charge is -2.20. The summed E-state index contributed by atoms with van der Waals surface area (Å²) >= 11 is 0. The number of nitrogens with zero attached hydrogens (tertiary/aromatic N) is 3. The molecule has 0 spiro atoms. The maximum absolute atomic E-state index is 12.1. The van der Waals surface area contributed by atoms with Crippen molar-refractivity contribution in [2.75, 3.05) is 11.4 Å². The Morgan fingerprint density at radius 2 is 1.83 bits per heavy atom. The summed E-state index contributed by atoms with van der Waals surface area (Å²) in [6.07, 6.45) is 0. The summed E-state index contributed by atoms with van der Waals surface area (Å²) in [4.78, 5) is 26.6. The van der Waals surface area contributed by atoms with E-state index < -0.39 is 0 Å². The van der Waals surface area contributed by atoms with Crippen molar-refractivity contribution < 1.29 is 9.59 Å². The first-order chi connectivity index (χ1) is 8.54. The third-order valence-corrected chi connectivity index (χ3v) is 2.87. The van der Waals surface area contributed by atoms with Crippen LogP contribution in [0.1, 0.15) is 19.4 Å². The zero-order valence-corrected chi connectivity index (χ0v) is 10.3. The molecule has 0 saturated carbocycles. The number of carbonyl (C=O) groups excluding carboxylic acids is 2. The molecule has 1 heterocycles. The van der Waals surface area contributed by atoms with Crippen molar-refractivity contribution in [3.8, 4) is 6.07 Å². The number of nitriles is 1. The first-order valence-corrected chi connectivity index (χ1v) is 5.68. The molecular formula is C13H13N3O2. The number of amides is 3. The molecule has 1 aromatic carbocycles. The highest BCUT2D eigenvalue weighted by Crippen LogP contribution is 2.22. The van der Waals surface area contributed by atoms with E-state index >= 15 is 0 Å².